The monoisotopic (exact) mass is 529 g/mol. The third-order valence-corrected chi connectivity index (χ3v) is 5.78. The van der Waals surface area contributed by atoms with Crippen molar-refractivity contribution in [3.63, 3.8) is 0 Å². The molecule has 1 heterocycles. The molecule has 1 aliphatic rings. The van der Waals surface area contributed by atoms with E-state index in [1.165, 1.54) is 17.8 Å². The first kappa shape index (κ1) is 27.4. The van der Waals surface area contributed by atoms with Crippen LogP contribution in [-0.2, 0) is 23.8 Å². The fourth-order valence-electron chi connectivity index (χ4n) is 2.76. The van der Waals surface area contributed by atoms with Crippen LogP contribution in [0, 0.1) is 24.0 Å². The van der Waals surface area contributed by atoms with Crippen molar-refractivity contribution in [2.24, 2.45) is 0 Å². The molecule has 0 radical (unpaired) electrons. The van der Waals surface area contributed by atoms with Crippen molar-refractivity contribution >= 4 is 41.6 Å². The number of fused-ring (bicyclic) bond motifs is 1. The first-order chi connectivity index (χ1) is 15.9. The molecule has 0 spiro atoms. The Morgan fingerprint density at radius 3 is 2.53 bits per heavy atom. The van der Waals surface area contributed by atoms with Crippen LogP contribution in [0.4, 0.5) is 18.0 Å². The minimum atomic E-state index is -4.92. The van der Waals surface area contributed by atoms with E-state index in [1.54, 1.807) is 13.8 Å². The molecule has 0 N–H and O–H groups in total. The van der Waals surface area contributed by atoms with Gasteiger partial charge in [-0.3, -0.25) is 0 Å². The lowest BCUT2D eigenvalue weighted by Gasteiger charge is -2.29. The van der Waals surface area contributed by atoms with Gasteiger partial charge in [0.1, 0.15) is 19.0 Å². The van der Waals surface area contributed by atoms with E-state index in [9.17, 15) is 32.9 Å². The largest absolute Gasteiger partial charge is 0.511 e. The first-order valence-corrected chi connectivity index (χ1v) is 11.0. The van der Waals surface area contributed by atoms with Crippen LogP contribution in [0.15, 0.2) is 11.6 Å². The predicted molar refractivity (Wildman–Crippen MR) is 113 cm³/mol. The van der Waals surface area contributed by atoms with Gasteiger partial charge in [-0.2, -0.15) is 24.9 Å². The van der Waals surface area contributed by atoms with Gasteiger partial charge < -0.3 is 23.8 Å². The summed E-state index contributed by atoms with van der Waals surface area (Å²) in [4.78, 5) is 37.9. The van der Waals surface area contributed by atoms with Crippen molar-refractivity contribution in [3.05, 3.63) is 43.5 Å². The standard InChI is InChI=1S/C19H19ClF3NO9S/c1-10-7-14-12(11(2)15(10)20)8-13(16(33-14)19(21,22)23)17(25)30-9-31-18(26)29-3-5-34-6-4-32-24(27)28/h7-8,16H,3-6,9H2,1-2H3/t16-/m0/s1. The summed E-state index contributed by atoms with van der Waals surface area (Å²) in [5, 5.41) is 9.35. The van der Waals surface area contributed by atoms with Gasteiger partial charge in [-0.25, -0.2) is 9.59 Å². The molecule has 0 bridgehead atoms. The number of carbonyl (C=O) groups excluding carboxylic acids is 2. The molecule has 188 valence electrons. The average molecular weight is 530 g/mol. The number of aryl methyl sites for hydroxylation is 1. The van der Waals surface area contributed by atoms with Crippen molar-refractivity contribution in [2.45, 2.75) is 26.1 Å². The van der Waals surface area contributed by atoms with Crippen LogP contribution in [0.1, 0.15) is 16.7 Å². The summed E-state index contributed by atoms with van der Waals surface area (Å²) < 4.78 is 59.4. The smallest absolute Gasteiger partial charge is 0.475 e. The molecule has 0 aliphatic carbocycles. The molecular weight excluding hydrogens is 511 g/mol. The van der Waals surface area contributed by atoms with E-state index in [0.717, 1.165) is 6.08 Å². The van der Waals surface area contributed by atoms with Crippen LogP contribution in [0.3, 0.4) is 0 Å². The van der Waals surface area contributed by atoms with Gasteiger partial charge in [0.2, 0.25) is 12.9 Å². The molecule has 1 atom stereocenters. The van der Waals surface area contributed by atoms with E-state index in [1.807, 2.05) is 0 Å². The molecule has 10 nitrogen and oxygen atoms in total. The molecule has 0 amide bonds. The maximum atomic E-state index is 13.5. The van der Waals surface area contributed by atoms with Gasteiger partial charge in [0, 0.05) is 22.1 Å². The van der Waals surface area contributed by atoms with Crippen molar-refractivity contribution in [1.29, 1.82) is 0 Å². The van der Waals surface area contributed by atoms with Crippen molar-refractivity contribution in [1.82, 2.24) is 0 Å². The van der Waals surface area contributed by atoms with Crippen molar-refractivity contribution < 1.29 is 51.6 Å². The maximum Gasteiger partial charge on any atom is 0.511 e. The van der Waals surface area contributed by atoms with E-state index in [-0.39, 0.29) is 36.0 Å². The summed E-state index contributed by atoms with van der Waals surface area (Å²) in [6.07, 6.45) is -7.75. The summed E-state index contributed by atoms with van der Waals surface area (Å²) in [6.45, 7) is 1.92. The Morgan fingerprint density at radius 2 is 1.88 bits per heavy atom. The third-order valence-electron chi connectivity index (χ3n) is 4.29. The third kappa shape index (κ3) is 7.58. The number of thioether (sulfide) groups is 1. The van der Waals surface area contributed by atoms with Crippen LogP contribution in [0.5, 0.6) is 5.75 Å². The second-order valence-electron chi connectivity index (χ2n) is 6.65. The van der Waals surface area contributed by atoms with Crippen LogP contribution >= 0.6 is 23.4 Å². The lowest BCUT2D eigenvalue weighted by Crippen LogP contribution is -2.41. The zero-order valence-corrected chi connectivity index (χ0v) is 19.4. The second-order valence-corrected chi connectivity index (χ2v) is 8.25. The lowest BCUT2D eigenvalue weighted by atomic mass is 9.96. The Bertz CT molecular complexity index is 971. The highest BCUT2D eigenvalue weighted by molar-refractivity contribution is 7.99. The fourth-order valence-corrected chi connectivity index (χ4v) is 3.51. The maximum absolute atomic E-state index is 13.5. The fraction of sp³-hybridized carbons (Fsp3) is 0.474. The zero-order chi connectivity index (χ0) is 25.5. The minimum absolute atomic E-state index is 0.0825. The van der Waals surface area contributed by atoms with Gasteiger partial charge in [-0.05, 0) is 37.1 Å². The minimum Gasteiger partial charge on any atom is -0.475 e. The molecule has 34 heavy (non-hydrogen) atoms. The Labute approximate surface area is 200 Å². The molecule has 1 aliphatic heterocycles. The first-order valence-electron chi connectivity index (χ1n) is 9.48. The predicted octanol–water partition coefficient (Wildman–Crippen LogP) is 4.26. The molecular formula is C19H19ClF3NO9S. The Morgan fingerprint density at radius 1 is 1.21 bits per heavy atom. The van der Waals surface area contributed by atoms with Gasteiger partial charge in [-0.1, -0.05) is 11.6 Å². The molecule has 2 rings (SSSR count). The molecule has 0 fully saturated rings. The molecule has 0 saturated carbocycles. The van der Waals surface area contributed by atoms with E-state index in [2.05, 4.69) is 19.0 Å². The highest BCUT2D eigenvalue weighted by Crippen LogP contribution is 2.41. The van der Waals surface area contributed by atoms with Gasteiger partial charge >= 0.3 is 18.3 Å². The number of nitrogens with zero attached hydrogens (tertiary/aromatic N) is 1. The number of halogens is 4. The number of rotatable bonds is 10. The number of carbonyl (C=O) groups is 2. The Hall–Kier alpha value is -2.87. The summed E-state index contributed by atoms with van der Waals surface area (Å²) in [5.41, 5.74) is 0.288. The molecule has 0 aromatic heterocycles. The summed E-state index contributed by atoms with van der Waals surface area (Å²) in [7, 11) is 0. The normalized spacial score (nSPS) is 14.9. The topological polar surface area (TPSA) is 123 Å². The van der Waals surface area contributed by atoms with Gasteiger partial charge in [0.15, 0.2) is 0 Å². The van der Waals surface area contributed by atoms with E-state index < -0.39 is 41.9 Å². The van der Waals surface area contributed by atoms with E-state index in [4.69, 9.17) is 16.3 Å². The van der Waals surface area contributed by atoms with E-state index >= 15 is 0 Å². The van der Waals surface area contributed by atoms with E-state index in [0.29, 0.717) is 16.1 Å². The quantitative estimate of drug-likeness (QED) is 0.143. The highest BCUT2D eigenvalue weighted by Gasteiger charge is 2.49. The van der Waals surface area contributed by atoms with Crippen LogP contribution in [0.2, 0.25) is 5.02 Å². The van der Waals surface area contributed by atoms with Crippen molar-refractivity contribution in [2.75, 3.05) is 31.5 Å². The molecule has 1 aromatic rings. The number of ether oxygens (including phenoxy) is 4. The number of hydrogen-bond acceptors (Lipinski definition) is 10. The van der Waals surface area contributed by atoms with Crippen molar-refractivity contribution in [3.8, 4) is 5.75 Å². The molecule has 1 aromatic carbocycles. The van der Waals surface area contributed by atoms with Gasteiger partial charge in [0.05, 0.1) is 5.57 Å². The lowest BCUT2D eigenvalue weighted by molar-refractivity contribution is -0.756. The Kier molecular flexibility index (Phi) is 9.67. The number of benzene rings is 1. The second kappa shape index (κ2) is 12.0. The molecule has 15 heteroatoms. The van der Waals surface area contributed by atoms with Gasteiger partial charge in [-0.15, -0.1) is 10.1 Å². The summed E-state index contributed by atoms with van der Waals surface area (Å²) in [6, 6.07) is 1.34. The summed E-state index contributed by atoms with van der Waals surface area (Å²) in [5.74, 6) is -0.935. The van der Waals surface area contributed by atoms with Crippen LogP contribution in [-0.4, -0.2) is 61.0 Å². The Balaban J connectivity index is 1.90. The summed E-state index contributed by atoms with van der Waals surface area (Å²) >= 11 is 7.35. The van der Waals surface area contributed by atoms with Gasteiger partial charge in [0.25, 0.3) is 5.09 Å². The highest BCUT2D eigenvalue weighted by atomic mass is 35.5. The molecule has 0 saturated heterocycles. The SMILES string of the molecule is Cc1cc2c(c(C)c1Cl)C=C(C(=O)OCOC(=O)OCCSCCO[N+](=O)[O-])[C@@H](C(F)(F)F)O2. The van der Waals surface area contributed by atoms with Crippen LogP contribution < -0.4 is 4.74 Å². The average Bonchev–Trinajstić information content (AvgIpc) is 2.75. The van der Waals surface area contributed by atoms with Crippen LogP contribution in [0.25, 0.3) is 6.08 Å². The zero-order valence-electron chi connectivity index (χ0n) is 17.8. The number of alkyl halides is 3. The number of esters is 1. The number of hydrogen-bond donors (Lipinski definition) is 0. The molecule has 0 unspecified atom stereocenters.